The number of nitrogens with zero attached hydrogens (tertiary/aromatic N) is 1. The maximum absolute atomic E-state index is 14.6. The summed E-state index contributed by atoms with van der Waals surface area (Å²) in [6, 6.07) is 13.8. The summed E-state index contributed by atoms with van der Waals surface area (Å²) >= 11 is 6.28. The molecule has 2 aromatic rings. The average Bonchev–Trinajstić information content (AvgIpc) is 2.58. The van der Waals surface area contributed by atoms with Gasteiger partial charge in [0.25, 0.3) is 0 Å². The summed E-state index contributed by atoms with van der Waals surface area (Å²) < 4.78 is 29.0. The van der Waals surface area contributed by atoms with Crippen LogP contribution in [0.5, 0.6) is 0 Å². The van der Waals surface area contributed by atoms with Crippen LogP contribution in [0.25, 0.3) is 11.3 Å². The number of likely N-dealkylation sites (N-methyl/N-ethyl adjacent to an activating group) is 1. The van der Waals surface area contributed by atoms with E-state index in [1.807, 2.05) is 37.3 Å². The van der Waals surface area contributed by atoms with Gasteiger partial charge >= 0.3 is 0 Å². The Labute approximate surface area is 145 Å². The Morgan fingerprint density at radius 2 is 1.75 bits per heavy atom. The summed E-state index contributed by atoms with van der Waals surface area (Å²) in [7, 11) is 0. The monoisotopic (exact) mass is 343 g/mol. The summed E-state index contributed by atoms with van der Waals surface area (Å²) in [6.45, 7) is 6.10. The average molecular weight is 344 g/mol. The molecule has 0 bridgehead atoms. The van der Waals surface area contributed by atoms with E-state index in [0.29, 0.717) is 17.8 Å². The molecule has 0 spiro atoms. The predicted molar refractivity (Wildman–Crippen MR) is 95.4 cm³/mol. The van der Waals surface area contributed by atoms with E-state index in [9.17, 15) is 8.78 Å². The molecule has 24 heavy (non-hydrogen) atoms. The standard InChI is InChI=1S/C20H16ClF2N/c1-3-24-13(2)18(23)12-15(14-8-5-4-6-9-14)20(24)19-16(21)10-7-11-17(19)22/h4-12H,2-3H2,1H3. The molecule has 0 saturated carbocycles. The molecular weight excluding hydrogens is 328 g/mol. The maximum atomic E-state index is 14.6. The number of rotatable bonds is 3. The largest absolute Gasteiger partial charge is 0.339 e. The molecule has 4 heteroatoms. The molecule has 0 radical (unpaired) electrons. The molecular formula is C20H16ClF2N. The first kappa shape index (κ1) is 16.5. The van der Waals surface area contributed by atoms with Crippen molar-refractivity contribution < 1.29 is 8.78 Å². The number of benzene rings is 2. The summed E-state index contributed by atoms with van der Waals surface area (Å²) in [5.41, 5.74) is 2.34. The zero-order valence-electron chi connectivity index (χ0n) is 13.2. The second-order valence-corrected chi connectivity index (χ2v) is 5.82. The molecule has 1 heterocycles. The van der Waals surface area contributed by atoms with Crippen molar-refractivity contribution in [2.75, 3.05) is 6.54 Å². The van der Waals surface area contributed by atoms with Crippen molar-refractivity contribution in [2.24, 2.45) is 0 Å². The molecule has 0 fully saturated rings. The van der Waals surface area contributed by atoms with E-state index in [-0.39, 0.29) is 16.3 Å². The van der Waals surface area contributed by atoms with Gasteiger partial charge in [-0.15, -0.1) is 0 Å². The van der Waals surface area contributed by atoms with Gasteiger partial charge in [0.15, 0.2) is 0 Å². The summed E-state index contributed by atoms with van der Waals surface area (Å²) in [6.07, 6.45) is 1.39. The lowest BCUT2D eigenvalue weighted by atomic mass is 9.94. The lowest BCUT2D eigenvalue weighted by molar-refractivity contribution is 0.475. The van der Waals surface area contributed by atoms with Crippen molar-refractivity contribution in [1.29, 1.82) is 0 Å². The highest BCUT2D eigenvalue weighted by molar-refractivity contribution is 6.32. The van der Waals surface area contributed by atoms with E-state index < -0.39 is 11.6 Å². The maximum Gasteiger partial charge on any atom is 0.146 e. The van der Waals surface area contributed by atoms with E-state index in [2.05, 4.69) is 6.58 Å². The molecule has 0 saturated heterocycles. The smallest absolute Gasteiger partial charge is 0.146 e. The van der Waals surface area contributed by atoms with Gasteiger partial charge in [-0.1, -0.05) is 54.6 Å². The lowest BCUT2D eigenvalue weighted by Crippen LogP contribution is -2.25. The fraction of sp³-hybridized carbons (Fsp3) is 0.100. The molecule has 1 aliphatic rings. The topological polar surface area (TPSA) is 3.24 Å². The van der Waals surface area contributed by atoms with Gasteiger partial charge in [-0.2, -0.15) is 0 Å². The second-order valence-electron chi connectivity index (χ2n) is 5.41. The van der Waals surface area contributed by atoms with Gasteiger partial charge in [0.1, 0.15) is 11.6 Å². The molecule has 3 rings (SSSR count). The molecule has 0 amide bonds. The van der Waals surface area contributed by atoms with Crippen molar-refractivity contribution in [1.82, 2.24) is 4.90 Å². The van der Waals surface area contributed by atoms with Gasteiger partial charge in [0.2, 0.25) is 0 Å². The van der Waals surface area contributed by atoms with E-state index in [0.717, 1.165) is 5.56 Å². The van der Waals surface area contributed by atoms with E-state index >= 15 is 0 Å². The predicted octanol–water partition coefficient (Wildman–Crippen LogP) is 6.05. The molecule has 0 atom stereocenters. The van der Waals surface area contributed by atoms with Gasteiger partial charge in [-0.25, -0.2) is 8.78 Å². The van der Waals surface area contributed by atoms with E-state index in [4.69, 9.17) is 11.6 Å². The summed E-state index contributed by atoms with van der Waals surface area (Å²) in [4.78, 5) is 1.65. The van der Waals surface area contributed by atoms with Crippen LogP contribution >= 0.6 is 11.6 Å². The van der Waals surface area contributed by atoms with Crippen LogP contribution in [-0.4, -0.2) is 11.4 Å². The molecule has 1 nitrogen and oxygen atoms in total. The fourth-order valence-electron chi connectivity index (χ4n) is 2.87. The highest BCUT2D eigenvalue weighted by atomic mass is 35.5. The Morgan fingerprint density at radius 1 is 1.04 bits per heavy atom. The molecule has 0 aliphatic carbocycles. The van der Waals surface area contributed by atoms with E-state index in [1.165, 1.54) is 12.1 Å². The summed E-state index contributed by atoms with van der Waals surface area (Å²) in [5, 5.41) is 0.278. The van der Waals surface area contributed by atoms with Crippen molar-refractivity contribution in [3.63, 3.8) is 0 Å². The van der Waals surface area contributed by atoms with Crippen LogP contribution in [0.15, 0.2) is 72.7 Å². The number of hydrogen-bond donors (Lipinski definition) is 0. The molecule has 122 valence electrons. The third-order valence-electron chi connectivity index (χ3n) is 4.00. The fourth-order valence-corrected chi connectivity index (χ4v) is 3.12. The Bertz CT molecular complexity index is 833. The van der Waals surface area contributed by atoms with Gasteiger partial charge in [-0.05, 0) is 30.7 Å². The van der Waals surface area contributed by atoms with Gasteiger partial charge in [0.05, 0.1) is 22.0 Å². The normalized spacial score (nSPS) is 14.9. The minimum Gasteiger partial charge on any atom is -0.339 e. The zero-order valence-corrected chi connectivity index (χ0v) is 13.9. The third-order valence-corrected chi connectivity index (χ3v) is 4.31. The molecule has 1 aliphatic heterocycles. The minimum atomic E-state index is -0.451. The second kappa shape index (κ2) is 6.62. The quantitative estimate of drug-likeness (QED) is 0.655. The zero-order chi connectivity index (χ0) is 17.3. The SMILES string of the molecule is C=C1C(F)=CC(c2ccccc2)=C(c2c(F)cccc2Cl)N1CC. The van der Waals surface area contributed by atoms with Crippen LogP contribution in [0.3, 0.4) is 0 Å². The van der Waals surface area contributed by atoms with Gasteiger partial charge in [0, 0.05) is 12.1 Å². The van der Waals surface area contributed by atoms with Crippen molar-refractivity contribution in [2.45, 2.75) is 6.92 Å². The Morgan fingerprint density at radius 3 is 2.38 bits per heavy atom. The van der Waals surface area contributed by atoms with Crippen LogP contribution in [-0.2, 0) is 0 Å². The number of hydrogen-bond acceptors (Lipinski definition) is 1. The van der Waals surface area contributed by atoms with Crippen LogP contribution in [0.2, 0.25) is 5.02 Å². The summed E-state index contributed by atoms with van der Waals surface area (Å²) in [5.74, 6) is -0.889. The lowest BCUT2D eigenvalue weighted by Gasteiger charge is -2.33. The highest BCUT2D eigenvalue weighted by Crippen LogP contribution is 2.42. The first-order valence-corrected chi connectivity index (χ1v) is 8.00. The number of halogens is 3. The van der Waals surface area contributed by atoms with Crippen molar-refractivity contribution in [3.05, 3.63) is 94.7 Å². The Kier molecular flexibility index (Phi) is 4.54. The first-order valence-electron chi connectivity index (χ1n) is 7.62. The van der Waals surface area contributed by atoms with Crippen LogP contribution in [0.4, 0.5) is 8.78 Å². The molecule has 0 aromatic heterocycles. The van der Waals surface area contributed by atoms with Crippen LogP contribution < -0.4 is 0 Å². The van der Waals surface area contributed by atoms with Crippen LogP contribution in [0, 0.1) is 5.82 Å². The highest BCUT2D eigenvalue weighted by Gasteiger charge is 2.28. The van der Waals surface area contributed by atoms with Gasteiger partial charge in [-0.3, -0.25) is 0 Å². The third kappa shape index (κ3) is 2.76. The molecule has 0 unspecified atom stereocenters. The minimum absolute atomic E-state index is 0.200. The number of allylic oxidation sites excluding steroid dienone is 3. The van der Waals surface area contributed by atoms with Crippen molar-refractivity contribution in [3.8, 4) is 0 Å². The Hall–Kier alpha value is -2.39. The first-order chi connectivity index (χ1) is 11.5. The molecule has 0 N–H and O–H groups in total. The van der Waals surface area contributed by atoms with Crippen molar-refractivity contribution >= 4 is 22.9 Å². The van der Waals surface area contributed by atoms with Crippen LogP contribution in [0.1, 0.15) is 18.1 Å². The molecule has 2 aromatic carbocycles. The Balaban J connectivity index is 2.37. The van der Waals surface area contributed by atoms with Gasteiger partial charge < -0.3 is 4.90 Å². The van der Waals surface area contributed by atoms with E-state index in [1.54, 1.807) is 17.0 Å².